The zero-order valence-electron chi connectivity index (χ0n) is 8.67. The van der Waals surface area contributed by atoms with Crippen LogP contribution < -0.4 is 10.2 Å². The minimum atomic E-state index is 0.766. The van der Waals surface area contributed by atoms with Crippen molar-refractivity contribution < 1.29 is 0 Å². The Bertz CT molecular complexity index is 374. The normalized spacial score (nSPS) is 21.0. The Morgan fingerprint density at radius 1 is 1.33 bits per heavy atom. The maximum Gasteiger partial charge on any atom is 0.0429 e. The van der Waals surface area contributed by atoms with Crippen LogP contribution in [0.4, 0.5) is 5.69 Å². The molecular formula is C12H15ClN2. The summed E-state index contributed by atoms with van der Waals surface area (Å²) in [4.78, 5) is 2.52. The van der Waals surface area contributed by atoms with E-state index in [1.165, 1.54) is 24.1 Å². The molecule has 1 aliphatic carbocycles. The molecule has 2 aliphatic rings. The maximum atomic E-state index is 6.07. The third-order valence-corrected chi connectivity index (χ3v) is 3.42. The second kappa shape index (κ2) is 3.69. The summed E-state index contributed by atoms with van der Waals surface area (Å²) in [6, 6.07) is 7.01. The lowest BCUT2D eigenvalue weighted by Crippen LogP contribution is -2.30. The summed E-state index contributed by atoms with van der Waals surface area (Å²) in [5.41, 5.74) is 2.72. The van der Waals surface area contributed by atoms with Crippen molar-refractivity contribution in [3.8, 4) is 0 Å². The van der Waals surface area contributed by atoms with Gasteiger partial charge in [0.15, 0.2) is 0 Å². The highest BCUT2D eigenvalue weighted by Gasteiger charge is 2.31. The summed E-state index contributed by atoms with van der Waals surface area (Å²) in [6.07, 6.45) is 2.68. The Kier molecular flexibility index (Phi) is 2.33. The molecule has 80 valence electrons. The molecular weight excluding hydrogens is 208 g/mol. The van der Waals surface area contributed by atoms with E-state index < -0.39 is 0 Å². The molecule has 1 aliphatic heterocycles. The van der Waals surface area contributed by atoms with Crippen LogP contribution >= 0.6 is 11.6 Å². The molecule has 15 heavy (non-hydrogen) atoms. The van der Waals surface area contributed by atoms with Crippen molar-refractivity contribution in [2.24, 2.45) is 0 Å². The highest BCUT2D eigenvalue weighted by molar-refractivity contribution is 6.30. The second-order valence-electron chi connectivity index (χ2n) is 4.37. The predicted molar refractivity (Wildman–Crippen MR) is 63.5 cm³/mol. The SMILES string of the molecule is Clc1ccc2c(c1)N(C1CC1)CCNC2. The lowest BCUT2D eigenvalue weighted by Gasteiger charge is -2.24. The lowest BCUT2D eigenvalue weighted by atomic mass is 10.1. The second-order valence-corrected chi connectivity index (χ2v) is 4.81. The number of nitrogens with zero attached hydrogens (tertiary/aromatic N) is 1. The van der Waals surface area contributed by atoms with Gasteiger partial charge in [-0.15, -0.1) is 0 Å². The maximum absolute atomic E-state index is 6.07. The van der Waals surface area contributed by atoms with Crippen LogP contribution in [0.25, 0.3) is 0 Å². The Balaban J connectivity index is 2.02. The van der Waals surface area contributed by atoms with Gasteiger partial charge in [0.1, 0.15) is 0 Å². The molecule has 1 aromatic rings. The minimum Gasteiger partial charge on any atom is -0.367 e. The first-order chi connectivity index (χ1) is 7.34. The summed E-state index contributed by atoms with van der Waals surface area (Å²) in [5.74, 6) is 0. The van der Waals surface area contributed by atoms with Gasteiger partial charge in [-0.2, -0.15) is 0 Å². The molecule has 0 spiro atoms. The van der Waals surface area contributed by atoms with Crippen molar-refractivity contribution in [3.05, 3.63) is 28.8 Å². The molecule has 1 N–H and O–H groups in total. The van der Waals surface area contributed by atoms with Crippen LogP contribution in [0.15, 0.2) is 18.2 Å². The number of hydrogen-bond acceptors (Lipinski definition) is 2. The molecule has 1 fully saturated rings. The smallest absolute Gasteiger partial charge is 0.0429 e. The van der Waals surface area contributed by atoms with Gasteiger partial charge in [-0.05, 0) is 30.5 Å². The van der Waals surface area contributed by atoms with Crippen molar-refractivity contribution in [3.63, 3.8) is 0 Å². The van der Waals surface area contributed by atoms with Crippen molar-refractivity contribution >= 4 is 17.3 Å². The number of fused-ring (bicyclic) bond motifs is 1. The molecule has 3 rings (SSSR count). The molecule has 0 bridgehead atoms. The van der Waals surface area contributed by atoms with Gasteiger partial charge in [0.05, 0.1) is 0 Å². The van der Waals surface area contributed by atoms with E-state index in [1.54, 1.807) is 0 Å². The third-order valence-electron chi connectivity index (χ3n) is 3.19. The zero-order chi connectivity index (χ0) is 10.3. The summed E-state index contributed by atoms with van der Waals surface area (Å²) in [7, 11) is 0. The number of anilines is 1. The molecule has 0 unspecified atom stereocenters. The first-order valence-corrected chi connectivity index (χ1v) is 5.98. The van der Waals surface area contributed by atoms with E-state index in [4.69, 9.17) is 11.6 Å². The number of hydrogen-bond donors (Lipinski definition) is 1. The van der Waals surface area contributed by atoms with E-state index in [0.29, 0.717) is 0 Å². The average Bonchev–Trinajstić information content (AvgIpc) is 3.01. The predicted octanol–water partition coefficient (Wildman–Crippen LogP) is 2.41. The van der Waals surface area contributed by atoms with E-state index >= 15 is 0 Å². The third kappa shape index (κ3) is 1.84. The summed E-state index contributed by atoms with van der Waals surface area (Å²) in [6.45, 7) is 3.15. The highest BCUT2D eigenvalue weighted by atomic mass is 35.5. The standard InChI is InChI=1S/C12H15ClN2/c13-10-2-1-9-8-14-5-6-15(11-3-4-11)12(9)7-10/h1-2,7,11,14H,3-6,8H2. The van der Waals surface area contributed by atoms with Crippen LogP contribution in [-0.2, 0) is 6.54 Å². The van der Waals surface area contributed by atoms with Crippen molar-refractivity contribution in [2.75, 3.05) is 18.0 Å². The molecule has 0 atom stereocenters. The number of nitrogens with one attached hydrogen (secondary N) is 1. The van der Waals surface area contributed by atoms with Crippen molar-refractivity contribution in [1.82, 2.24) is 5.32 Å². The highest BCUT2D eigenvalue weighted by Crippen LogP contribution is 2.35. The van der Waals surface area contributed by atoms with Gasteiger partial charge in [-0.3, -0.25) is 0 Å². The van der Waals surface area contributed by atoms with Gasteiger partial charge < -0.3 is 10.2 Å². The zero-order valence-corrected chi connectivity index (χ0v) is 9.43. The Hall–Kier alpha value is -0.730. The fourth-order valence-corrected chi connectivity index (χ4v) is 2.43. The summed E-state index contributed by atoms with van der Waals surface area (Å²) >= 11 is 6.07. The Morgan fingerprint density at radius 2 is 2.20 bits per heavy atom. The Labute approximate surface area is 95.2 Å². The average molecular weight is 223 g/mol. The number of halogens is 1. The van der Waals surface area contributed by atoms with Gasteiger partial charge in [0.25, 0.3) is 0 Å². The number of benzene rings is 1. The first-order valence-electron chi connectivity index (χ1n) is 5.60. The van der Waals surface area contributed by atoms with Crippen LogP contribution in [0, 0.1) is 0 Å². The molecule has 0 saturated heterocycles. The first kappa shape index (κ1) is 9.49. The van der Waals surface area contributed by atoms with Crippen LogP contribution in [0.3, 0.4) is 0 Å². The minimum absolute atomic E-state index is 0.766. The van der Waals surface area contributed by atoms with Gasteiger partial charge in [-0.25, -0.2) is 0 Å². The monoisotopic (exact) mass is 222 g/mol. The van der Waals surface area contributed by atoms with E-state index in [9.17, 15) is 0 Å². The van der Waals surface area contributed by atoms with Crippen LogP contribution in [0.1, 0.15) is 18.4 Å². The van der Waals surface area contributed by atoms with Gasteiger partial charge in [0, 0.05) is 36.4 Å². The molecule has 1 saturated carbocycles. The van der Waals surface area contributed by atoms with E-state index in [0.717, 1.165) is 30.7 Å². The summed E-state index contributed by atoms with van der Waals surface area (Å²) in [5, 5.41) is 4.30. The number of rotatable bonds is 1. The van der Waals surface area contributed by atoms with Crippen molar-refractivity contribution in [2.45, 2.75) is 25.4 Å². The van der Waals surface area contributed by atoms with Crippen LogP contribution in [0.5, 0.6) is 0 Å². The molecule has 3 heteroatoms. The Morgan fingerprint density at radius 3 is 3.00 bits per heavy atom. The summed E-state index contributed by atoms with van der Waals surface area (Å²) < 4.78 is 0. The van der Waals surface area contributed by atoms with Gasteiger partial charge in [-0.1, -0.05) is 17.7 Å². The van der Waals surface area contributed by atoms with E-state index in [2.05, 4.69) is 22.3 Å². The lowest BCUT2D eigenvalue weighted by molar-refractivity contribution is 0.687. The van der Waals surface area contributed by atoms with Gasteiger partial charge >= 0.3 is 0 Å². The fraction of sp³-hybridized carbons (Fsp3) is 0.500. The van der Waals surface area contributed by atoms with E-state index in [-0.39, 0.29) is 0 Å². The van der Waals surface area contributed by atoms with Gasteiger partial charge in [0.2, 0.25) is 0 Å². The molecule has 2 nitrogen and oxygen atoms in total. The molecule has 1 heterocycles. The largest absolute Gasteiger partial charge is 0.367 e. The molecule has 0 aromatic heterocycles. The molecule has 1 aromatic carbocycles. The quantitative estimate of drug-likeness (QED) is 0.785. The molecule has 0 amide bonds. The molecule has 0 radical (unpaired) electrons. The van der Waals surface area contributed by atoms with Crippen LogP contribution in [-0.4, -0.2) is 19.1 Å². The van der Waals surface area contributed by atoms with E-state index in [1.807, 2.05) is 6.07 Å². The fourth-order valence-electron chi connectivity index (χ4n) is 2.26. The topological polar surface area (TPSA) is 15.3 Å². The van der Waals surface area contributed by atoms with Crippen LogP contribution in [0.2, 0.25) is 5.02 Å². The van der Waals surface area contributed by atoms with Crippen molar-refractivity contribution in [1.29, 1.82) is 0 Å².